The van der Waals surface area contributed by atoms with E-state index in [0.29, 0.717) is 24.4 Å². The van der Waals surface area contributed by atoms with Crippen molar-refractivity contribution >= 4 is 17.6 Å². The van der Waals surface area contributed by atoms with Crippen LogP contribution in [0.5, 0.6) is 5.75 Å². The van der Waals surface area contributed by atoms with Gasteiger partial charge in [-0.05, 0) is 23.8 Å². The van der Waals surface area contributed by atoms with Gasteiger partial charge in [0, 0.05) is 49.8 Å². The summed E-state index contributed by atoms with van der Waals surface area (Å²) < 4.78 is 7.29. The van der Waals surface area contributed by atoms with Crippen molar-refractivity contribution in [3.63, 3.8) is 0 Å². The predicted molar refractivity (Wildman–Crippen MR) is 151 cm³/mol. The van der Waals surface area contributed by atoms with E-state index < -0.39 is 0 Å². The summed E-state index contributed by atoms with van der Waals surface area (Å²) in [6, 6.07) is 22.0. The maximum absolute atomic E-state index is 13.6. The minimum Gasteiger partial charge on any atom is -0.497 e. The lowest BCUT2D eigenvalue weighted by Crippen LogP contribution is -2.48. The van der Waals surface area contributed by atoms with Gasteiger partial charge in [-0.25, -0.2) is 9.50 Å². The zero-order valence-electron chi connectivity index (χ0n) is 22.6. The van der Waals surface area contributed by atoms with Crippen molar-refractivity contribution < 1.29 is 9.53 Å². The van der Waals surface area contributed by atoms with Crippen LogP contribution in [0.4, 0.5) is 0 Å². The predicted octanol–water partition coefficient (Wildman–Crippen LogP) is 5.17. The third kappa shape index (κ3) is 5.63. The summed E-state index contributed by atoms with van der Waals surface area (Å²) in [5, 5.41) is 4.86. The topological polar surface area (TPSA) is 63.0 Å². The van der Waals surface area contributed by atoms with Gasteiger partial charge >= 0.3 is 0 Å². The number of fused-ring (bicyclic) bond motifs is 1. The van der Waals surface area contributed by atoms with Gasteiger partial charge in [0.2, 0.25) is 0 Å². The second-order valence-electron chi connectivity index (χ2n) is 10.7. The van der Waals surface area contributed by atoms with E-state index in [9.17, 15) is 4.79 Å². The fourth-order valence-electron chi connectivity index (χ4n) is 4.64. The van der Waals surface area contributed by atoms with Crippen LogP contribution in [0.2, 0.25) is 0 Å². The quantitative estimate of drug-likeness (QED) is 0.359. The molecule has 196 valence electrons. The molecule has 1 fully saturated rings. The first-order chi connectivity index (χ1) is 18.3. The van der Waals surface area contributed by atoms with Gasteiger partial charge in [-0.2, -0.15) is 5.10 Å². The maximum atomic E-state index is 13.6. The fourth-order valence-corrected chi connectivity index (χ4v) is 4.64. The number of amides is 1. The number of aromatic nitrogens is 3. The largest absolute Gasteiger partial charge is 0.497 e. The molecule has 3 heterocycles. The highest BCUT2D eigenvalue weighted by molar-refractivity contribution is 5.94. The summed E-state index contributed by atoms with van der Waals surface area (Å²) >= 11 is 0. The number of benzene rings is 2. The Morgan fingerprint density at radius 2 is 1.74 bits per heavy atom. The van der Waals surface area contributed by atoms with Gasteiger partial charge in [0.1, 0.15) is 11.4 Å². The Morgan fingerprint density at radius 3 is 2.45 bits per heavy atom. The molecule has 7 heteroatoms. The molecule has 2 aromatic carbocycles. The highest BCUT2D eigenvalue weighted by atomic mass is 16.5. The Hall–Kier alpha value is -3.97. The molecule has 7 nitrogen and oxygen atoms in total. The molecule has 0 N–H and O–H groups in total. The number of piperazine rings is 1. The fraction of sp³-hybridized carbons (Fsp3) is 0.323. The molecule has 0 saturated carbocycles. The van der Waals surface area contributed by atoms with Crippen LogP contribution in [-0.4, -0.2) is 70.1 Å². The number of methoxy groups -OCH3 is 1. The number of hydrogen-bond acceptors (Lipinski definition) is 5. The lowest BCUT2D eigenvalue weighted by molar-refractivity contribution is 0.0644. The Bertz CT molecular complexity index is 1440. The molecule has 5 rings (SSSR count). The smallest absolute Gasteiger partial charge is 0.272 e. The van der Waals surface area contributed by atoms with E-state index in [2.05, 4.69) is 50.0 Å². The van der Waals surface area contributed by atoms with E-state index in [0.717, 1.165) is 42.3 Å². The lowest BCUT2D eigenvalue weighted by atomic mass is 9.93. The first-order valence-electron chi connectivity index (χ1n) is 13.1. The zero-order chi connectivity index (χ0) is 26.7. The molecule has 1 amide bonds. The number of hydrogen-bond donors (Lipinski definition) is 0. The molecule has 0 atom stereocenters. The van der Waals surface area contributed by atoms with Gasteiger partial charge in [-0.1, -0.05) is 75.4 Å². The van der Waals surface area contributed by atoms with Gasteiger partial charge in [0.15, 0.2) is 5.65 Å². The molecular weight excluding hydrogens is 474 g/mol. The summed E-state index contributed by atoms with van der Waals surface area (Å²) in [7, 11) is 1.65. The van der Waals surface area contributed by atoms with Crippen LogP contribution >= 0.6 is 0 Å². The van der Waals surface area contributed by atoms with Crippen LogP contribution < -0.4 is 4.74 Å². The number of carbonyl (C=O) groups excluding carboxylic acids is 1. The molecule has 0 unspecified atom stereocenters. The summed E-state index contributed by atoms with van der Waals surface area (Å²) in [4.78, 5) is 22.7. The van der Waals surface area contributed by atoms with Crippen LogP contribution in [0.15, 0.2) is 72.8 Å². The van der Waals surface area contributed by atoms with Crippen molar-refractivity contribution in [1.82, 2.24) is 24.4 Å². The van der Waals surface area contributed by atoms with Crippen molar-refractivity contribution in [2.24, 2.45) is 0 Å². The zero-order valence-corrected chi connectivity index (χ0v) is 22.6. The molecule has 2 aromatic heterocycles. The van der Waals surface area contributed by atoms with Gasteiger partial charge in [0.25, 0.3) is 5.91 Å². The molecule has 0 radical (unpaired) electrons. The normalized spacial score (nSPS) is 14.9. The Balaban J connectivity index is 1.37. The van der Waals surface area contributed by atoms with E-state index in [1.54, 1.807) is 7.11 Å². The van der Waals surface area contributed by atoms with Crippen molar-refractivity contribution in [2.75, 3.05) is 39.8 Å². The van der Waals surface area contributed by atoms with Crippen LogP contribution in [-0.2, 0) is 5.41 Å². The molecule has 0 bridgehead atoms. The van der Waals surface area contributed by atoms with Crippen molar-refractivity contribution in [3.8, 4) is 17.0 Å². The third-order valence-electron chi connectivity index (χ3n) is 6.91. The summed E-state index contributed by atoms with van der Waals surface area (Å²) in [5.74, 6) is 0.704. The Labute approximate surface area is 224 Å². The number of nitrogens with zero attached hydrogens (tertiary/aromatic N) is 5. The second kappa shape index (κ2) is 10.8. The SMILES string of the molecule is COc1cccc(-c2cc(C(=O)N3CCN(C/C=C/c4ccccc4)CC3)nc3cc(C(C)(C)C)nn23)c1. The van der Waals surface area contributed by atoms with Crippen LogP contribution in [0, 0.1) is 0 Å². The van der Waals surface area contributed by atoms with Gasteiger partial charge in [-0.3, -0.25) is 9.69 Å². The molecule has 0 aliphatic carbocycles. The minimum atomic E-state index is -0.144. The molecule has 1 aliphatic heterocycles. The van der Waals surface area contributed by atoms with E-state index >= 15 is 0 Å². The van der Waals surface area contributed by atoms with Crippen molar-refractivity contribution in [3.05, 3.63) is 89.8 Å². The standard InChI is InChI=1S/C31H35N5O2/c1-31(2,3)28-22-29-32-26(21-27(36(29)33-28)24-13-8-14-25(20-24)38-4)30(37)35-18-16-34(17-19-35)15-9-12-23-10-6-5-7-11-23/h5-14,20-22H,15-19H2,1-4H3/b12-9+. The summed E-state index contributed by atoms with van der Waals surface area (Å²) in [5.41, 5.74) is 4.83. The van der Waals surface area contributed by atoms with Crippen molar-refractivity contribution in [2.45, 2.75) is 26.2 Å². The number of ether oxygens (including phenoxy) is 1. The first-order valence-corrected chi connectivity index (χ1v) is 13.1. The van der Waals surface area contributed by atoms with E-state index in [-0.39, 0.29) is 11.3 Å². The van der Waals surface area contributed by atoms with Gasteiger partial charge < -0.3 is 9.64 Å². The first kappa shape index (κ1) is 25.7. The third-order valence-corrected chi connectivity index (χ3v) is 6.91. The van der Waals surface area contributed by atoms with E-state index in [1.807, 2.05) is 64.0 Å². The lowest BCUT2D eigenvalue weighted by Gasteiger charge is -2.34. The van der Waals surface area contributed by atoms with Crippen LogP contribution in [0.1, 0.15) is 42.5 Å². The van der Waals surface area contributed by atoms with Gasteiger partial charge in [-0.15, -0.1) is 0 Å². The highest BCUT2D eigenvalue weighted by Gasteiger charge is 2.26. The molecule has 4 aromatic rings. The molecule has 0 spiro atoms. The summed E-state index contributed by atoms with van der Waals surface area (Å²) in [6.07, 6.45) is 4.34. The summed E-state index contributed by atoms with van der Waals surface area (Å²) in [6.45, 7) is 10.2. The average Bonchev–Trinajstić information content (AvgIpc) is 3.38. The maximum Gasteiger partial charge on any atom is 0.272 e. The molecule has 38 heavy (non-hydrogen) atoms. The Morgan fingerprint density at radius 1 is 0.974 bits per heavy atom. The van der Waals surface area contributed by atoms with Gasteiger partial charge in [0.05, 0.1) is 18.5 Å². The highest BCUT2D eigenvalue weighted by Crippen LogP contribution is 2.28. The van der Waals surface area contributed by atoms with E-state index in [4.69, 9.17) is 14.8 Å². The molecule has 1 aliphatic rings. The second-order valence-corrected chi connectivity index (χ2v) is 10.7. The Kier molecular flexibility index (Phi) is 7.29. The van der Waals surface area contributed by atoms with Crippen molar-refractivity contribution in [1.29, 1.82) is 0 Å². The molecule has 1 saturated heterocycles. The minimum absolute atomic E-state index is 0.0466. The van der Waals surface area contributed by atoms with Crippen LogP contribution in [0.3, 0.4) is 0 Å². The molecular formula is C31H35N5O2. The van der Waals surface area contributed by atoms with Crippen LogP contribution in [0.25, 0.3) is 23.0 Å². The number of rotatable bonds is 6. The monoisotopic (exact) mass is 509 g/mol. The average molecular weight is 510 g/mol. The van der Waals surface area contributed by atoms with E-state index in [1.165, 1.54) is 5.56 Å². The number of carbonyl (C=O) groups is 1.